The van der Waals surface area contributed by atoms with Crippen LogP contribution < -0.4 is 14.8 Å². The van der Waals surface area contributed by atoms with Crippen LogP contribution in [-0.2, 0) is 28.5 Å². The van der Waals surface area contributed by atoms with E-state index in [1.54, 1.807) is 44.8 Å². The zero-order valence-corrected chi connectivity index (χ0v) is 43.9. The molecule has 1 N–H and O–H groups in total. The molecule has 1 aliphatic heterocycles. The number of nitriles is 1. The maximum absolute atomic E-state index is 13.5. The highest BCUT2D eigenvalue weighted by Crippen LogP contribution is 2.53. The third-order valence-corrected chi connectivity index (χ3v) is 19.5. The second-order valence-corrected chi connectivity index (χ2v) is 25.4. The summed E-state index contributed by atoms with van der Waals surface area (Å²) >= 11 is 0. The Morgan fingerprint density at radius 3 is 1.94 bits per heavy atom. The number of carbonyl (C=O) groups excluding carboxylic acids is 1. The molecular weight excluding hydrogens is 922 g/mol. The first-order chi connectivity index (χ1) is 33.5. The summed E-state index contributed by atoms with van der Waals surface area (Å²) in [5, 5.41) is 12.4. The van der Waals surface area contributed by atoms with Gasteiger partial charge in [-0.05, 0) is 98.9 Å². The first-order valence-electron chi connectivity index (χ1n) is 23.6. The number of nitrogens with zero attached hydrogens (tertiary/aromatic N) is 6. The molecule has 370 valence electrons. The SMILES string of the molecule is COc1ccc(C(OC[C@H]2OC(n3cnc4c(NC(=O)c5ccccc5)ncnc43)[C@H](OP(OCCC#N)N(C(C)C)C(C)C)[C@@H]2O[Si](C)(C)C(C)(C)C)(c2ccccc2)c2ccc(OC)cc2)cc1. The fourth-order valence-electron chi connectivity index (χ4n) is 8.42. The Morgan fingerprint density at radius 2 is 1.40 bits per heavy atom. The predicted molar refractivity (Wildman–Crippen MR) is 274 cm³/mol. The minimum absolute atomic E-state index is 0.00550. The summed E-state index contributed by atoms with van der Waals surface area (Å²) in [4.78, 5) is 27.5. The number of methoxy groups -OCH3 is 2. The highest BCUT2D eigenvalue weighted by atomic mass is 31.2. The predicted octanol–water partition coefficient (Wildman–Crippen LogP) is 11.1. The van der Waals surface area contributed by atoms with Gasteiger partial charge in [0.25, 0.3) is 14.4 Å². The van der Waals surface area contributed by atoms with Gasteiger partial charge in [-0.2, -0.15) is 5.26 Å². The summed E-state index contributed by atoms with van der Waals surface area (Å²) in [5.74, 6) is 1.30. The van der Waals surface area contributed by atoms with E-state index in [2.05, 4.69) is 94.7 Å². The van der Waals surface area contributed by atoms with Crippen molar-refractivity contribution in [3.8, 4) is 17.6 Å². The van der Waals surface area contributed by atoms with Crippen LogP contribution in [0.3, 0.4) is 0 Å². The standard InChI is InChI=1S/C53H66N7O8PSi/c1-36(2)60(37(3)4)69(65-32-18-31-54)67-47-46(68-70(10,11)52(5,6)7)44(66-51(47)59-35-57-45-48(55-34-56-49(45)59)58-50(61)38-19-14-12-15-20-38)33-64-53(39-21-16-13-17-22-39,40-23-27-42(62-8)28-24-40)41-25-29-43(63-9)30-26-41/h12-17,19-30,34-37,44,46-47,51H,18,32-33H2,1-11H3,(H,55,56,58,61)/t44-,46-,47-,51?,69?/m1/s1. The van der Waals surface area contributed by atoms with E-state index >= 15 is 0 Å². The quantitative estimate of drug-likeness (QED) is 0.0314. The van der Waals surface area contributed by atoms with Crippen molar-refractivity contribution in [1.82, 2.24) is 24.2 Å². The van der Waals surface area contributed by atoms with E-state index < -0.39 is 47.0 Å². The zero-order chi connectivity index (χ0) is 50.2. The number of benzene rings is 4. The third-order valence-electron chi connectivity index (χ3n) is 12.9. The molecule has 4 aromatic carbocycles. The minimum atomic E-state index is -2.65. The maximum atomic E-state index is 13.5. The number of anilines is 1. The van der Waals surface area contributed by atoms with Crippen molar-refractivity contribution in [2.75, 3.05) is 32.8 Å². The van der Waals surface area contributed by atoms with Gasteiger partial charge in [0.1, 0.15) is 41.7 Å². The molecule has 0 radical (unpaired) electrons. The summed E-state index contributed by atoms with van der Waals surface area (Å²) in [7, 11) is -1.19. The minimum Gasteiger partial charge on any atom is -0.497 e. The molecule has 2 aromatic heterocycles. The van der Waals surface area contributed by atoms with E-state index in [4.69, 9.17) is 42.4 Å². The van der Waals surface area contributed by atoms with Crippen LogP contribution in [0, 0.1) is 11.3 Å². The fraction of sp³-hybridized carbons (Fsp3) is 0.415. The van der Waals surface area contributed by atoms with Crippen LogP contribution in [0.15, 0.2) is 122 Å². The monoisotopic (exact) mass is 987 g/mol. The molecule has 70 heavy (non-hydrogen) atoms. The molecule has 1 fully saturated rings. The lowest BCUT2D eigenvalue weighted by molar-refractivity contribution is -0.0928. The Bertz CT molecular complexity index is 2620. The van der Waals surface area contributed by atoms with E-state index in [0.717, 1.165) is 16.7 Å². The zero-order valence-electron chi connectivity index (χ0n) is 42.0. The number of hydrogen-bond acceptors (Lipinski definition) is 13. The average molecular weight is 988 g/mol. The molecule has 0 bridgehead atoms. The lowest BCUT2D eigenvalue weighted by Gasteiger charge is -2.43. The molecule has 1 amide bonds. The molecule has 1 saturated heterocycles. The molecule has 6 aromatic rings. The van der Waals surface area contributed by atoms with Crippen molar-refractivity contribution >= 4 is 39.7 Å². The van der Waals surface area contributed by atoms with Crippen molar-refractivity contribution in [1.29, 1.82) is 5.26 Å². The lowest BCUT2D eigenvalue weighted by Crippen LogP contribution is -2.51. The maximum Gasteiger partial charge on any atom is 0.259 e. The van der Waals surface area contributed by atoms with Crippen LogP contribution in [-0.4, -0.2) is 96.2 Å². The summed E-state index contributed by atoms with van der Waals surface area (Å²) in [6.45, 7) is 19.6. The van der Waals surface area contributed by atoms with Crippen molar-refractivity contribution < 1.29 is 37.2 Å². The van der Waals surface area contributed by atoms with Gasteiger partial charge in [-0.15, -0.1) is 0 Å². The lowest BCUT2D eigenvalue weighted by atomic mass is 9.80. The highest BCUT2D eigenvalue weighted by molar-refractivity contribution is 7.44. The molecular formula is C53H66N7O8PSi. The fourth-order valence-corrected chi connectivity index (χ4v) is 11.5. The van der Waals surface area contributed by atoms with Crippen molar-refractivity contribution in [3.05, 3.63) is 144 Å². The van der Waals surface area contributed by atoms with Crippen molar-refractivity contribution in [3.63, 3.8) is 0 Å². The molecule has 15 nitrogen and oxygen atoms in total. The molecule has 5 atom stereocenters. The molecule has 2 unspecified atom stereocenters. The van der Waals surface area contributed by atoms with E-state index in [-0.39, 0.29) is 48.5 Å². The molecule has 1 aliphatic rings. The second-order valence-electron chi connectivity index (χ2n) is 19.2. The third kappa shape index (κ3) is 11.3. The van der Waals surface area contributed by atoms with Gasteiger partial charge in [-0.3, -0.25) is 9.36 Å². The van der Waals surface area contributed by atoms with Crippen LogP contribution in [0.1, 0.15) is 88.2 Å². The average Bonchev–Trinajstić information content (AvgIpc) is 3.93. The Morgan fingerprint density at radius 1 is 0.829 bits per heavy atom. The number of fused-ring (bicyclic) bond motifs is 1. The Labute approximate surface area is 414 Å². The van der Waals surface area contributed by atoms with Crippen LogP contribution in [0.25, 0.3) is 11.2 Å². The normalized spacial score (nSPS) is 18.1. The number of carbonyl (C=O) groups is 1. The first-order valence-corrected chi connectivity index (χ1v) is 27.7. The van der Waals surface area contributed by atoms with Gasteiger partial charge in [0.05, 0.1) is 46.3 Å². The number of amides is 1. The second kappa shape index (κ2) is 22.6. The molecule has 3 heterocycles. The Kier molecular flexibility index (Phi) is 16.9. The van der Waals surface area contributed by atoms with Crippen LogP contribution >= 0.6 is 8.53 Å². The molecule has 0 saturated carbocycles. The largest absolute Gasteiger partial charge is 0.497 e. The number of aromatic nitrogens is 4. The summed E-state index contributed by atoms with van der Waals surface area (Å²) in [6, 6.07) is 37.1. The Hall–Kier alpha value is -5.60. The van der Waals surface area contributed by atoms with Gasteiger partial charge in [0.2, 0.25) is 0 Å². The van der Waals surface area contributed by atoms with Crippen LogP contribution in [0.4, 0.5) is 5.82 Å². The first kappa shape index (κ1) is 52.2. The van der Waals surface area contributed by atoms with Gasteiger partial charge in [0.15, 0.2) is 31.5 Å². The van der Waals surface area contributed by atoms with E-state index in [0.29, 0.717) is 28.2 Å². The summed E-state index contributed by atoms with van der Waals surface area (Å²) < 4.78 is 51.7. The number of ether oxygens (including phenoxy) is 4. The highest BCUT2D eigenvalue weighted by Gasteiger charge is 2.54. The van der Waals surface area contributed by atoms with Crippen molar-refractivity contribution in [2.24, 2.45) is 0 Å². The number of nitrogens with one attached hydrogen (secondary N) is 1. The number of hydrogen-bond donors (Lipinski definition) is 1. The van der Waals surface area contributed by atoms with Gasteiger partial charge in [-0.1, -0.05) is 93.6 Å². The van der Waals surface area contributed by atoms with Gasteiger partial charge >= 0.3 is 0 Å². The van der Waals surface area contributed by atoms with Crippen molar-refractivity contribution in [2.45, 2.75) is 115 Å². The summed E-state index contributed by atoms with van der Waals surface area (Å²) in [6.07, 6.45) is -0.0636. The van der Waals surface area contributed by atoms with Crippen LogP contribution in [0.2, 0.25) is 18.1 Å². The van der Waals surface area contributed by atoms with E-state index in [9.17, 15) is 10.1 Å². The van der Waals surface area contributed by atoms with E-state index in [1.807, 2.05) is 77.4 Å². The smallest absolute Gasteiger partial charge is 0.259 e. The molecule has 7 rings (SSSR count). The summed E-state index contributed by atoms with van der Waals surface area (Å²) in [5.41, 5.74) is 2.64. The molecule has 17 heteroatoms. The van der Waals surface area contributed by atoms with Gasteiger partial charge in [-0.25, -0.2) is 19.6 Å². The van der Waals surface area contributed by atoms with Gasteiger partial charge in [0, 0.05) is 17.6 Å². The van der Waals surface area contributed by atoms with Crippen LogP contribution in [0.5, 0.6) is 11.5 Å². The molecule has 0 aliphatic carbocycles. The Balaban J connectivity index is 1.40. The topological polar surface area (TPSA) is 164 Å². The van der Waals surface area contributed by atoms with Gasteiger partial charge < -0.3 is 37.7 Å². The number of rotatable bonds is 21. The molecule has 0 spiro atoms. The number of imidazole rings is 1. The van der Waals surface area contributed by atoms with E-state index in [1.165, 1.54) is 6.33 Å².